The van der Waals surface area contributed by atoms with Crippen molar-refractivity contribution in [1.82, 2.24) is 4.98 Å². The van der Waals surface area contributed by atoms with Crippen molar-refractivity contribution >= 4 is 28.2 Å². The van der Waals surface area contributed by atoms with Crippen LogP contribution in [-0.2, 0) is 6.42 Å². The Morgan fingerprint density at radius 3 is 2.82 bits per heavy atom. The van der Waals surface area contributed by atoms with E-state index < -0.39 is 4.92 Å². The first-order chi connectivity index (χ1) is 8.04. The van der Waals surface area contributed by atoms with Crippen LogP contribution in [0.5, 0.6) is 0 Å². The number of rotatable bonds is 2. The number of aryl methyl sites for hydroxylation is 1. The highest BCUT2D eigenvalue weighted by atomic mass is 35.5. The first-order valence-corrected chi connectivity index (χ1v) is 5.33. The van der Waals surface area contributed by atoms with Gasteiger partial charge in [-0.1, -0.05) is 18.5 Å². The average molecular weight is 255 g/mol. The van der Waals surface area contributed by atoms with Crippen LogP contribution >= 0.6 is 11.6 Å². The van der Waals surface area contributed by atoms with E-state index in [0.29, 0.717) is 22.9 Å². The third-order valence-electron chi connectivity index (χ3n) is 2.53. The van der Waals surface area contributed by atoms with Crippen LogP contribution in [0.2, 0.25) is 5.02 Å². The van der Waals surface area contributed by atoms with Gasteiger partial charge in [-0.25, -0.2) is 9.37 Å². The normalized spacial score (nSPS) is 10.8. The number of benzene rings is 1. The smallest absolute Gasteiger partial charge is 0.258 e. The van der Waals surface area contributed by atoms with Crippen LogP contribution in [0.15, 0.2) is 18.3 Å². The molecule has 0 saturated heterocycles. The maximum atomic E-state index is 13.5. The molecule has 17 heavy (non-hydrogen) atoms. The predicted octanol–water partition coefficient (Wildman–Crippen LogP) is 3.50. The van der Waals surface area contributed by atoms with Gasteiger partial charge in [-0.05, 0) is 18.1 Å². The van der Waals surface area contributed by atoms with Gasteiger partial charge in [-0.3, -0.25) is 10.1 Å². The summed E-state index contributed by atoms with van der Waals surface area (Å²) in [5, 5.41) is 11.1. The Labute approximate surface area is 101 Å². The fraction of sp³-hybridized carbons (Fsp3) is 0.182. The maximum Gasteiger partial charge on any atom is 0.306 e. The summed E-state index contributed by atoms with van der Waals surface area (Å²) in [4.78, 5) is 13.9. The summed E-state index contributed by atoms with van der Waals surface area (Å²) in [6, 6.07) is 2.75. The molecule has 0 aliphatic heterocycles. The lowest BCUT2D eigenvalue weighted by atomic mass is 10.1. The number of hydrogen-bond acceptors (Lipinski definition) is 3. The summed E-state index contributed by atoms with van der Waals surface area (Å²) in [5.41, 5.74) is 0.504. The Bertz CT molecular complexity index is 616. The van der Waals surface area contributed by atoms with E-state index in [1.54, 1.807) is 6.92 Å². The molecule has 0 N–H and O–H groups in total. The molecule has 0 saturated carbocycles. The van der Waals surface area contributed by atoms with E-state index in [1.165, 1.54) is 12.1 Å². The third kappa shape index (κ3) is 1.93. The van der Waals surface area contributed by atoms with Crippen molar-refractivity contribution in [2.45, 2.75) is 13.3 Å². The standard InChI is InChI=1S/C11H8ClFN2O2/c1-2-6-3-7-9(4-8(6)13)14-5-10(11(7)12)15(16)17/h3-5H,2H2,1H3. The van der Waals surface area contributed by atoms with Crippen molar-refractivity contribution in [2.24, 2.45) is 0 Å². The van der Waals surface area contributed by atoms with Gasteiger partial charge in [0, 0.05) is 11.5 Å². The minimum absolute atomic E-state index is 0.00491. The fourth-order valence-electron chi connectivity index (χ4n) is 1.61. The van der Waals surface area contributed by atoms with E-state index >= 15 is 0 Å². The molecule has 1 aromatic heterocycles. The van der Waals surface area contributed by atoms with Crippen LogP contribution in [0.25, 0.3) is 10.9 Å². The molecule has 2 rings (SSSR count). The number of halogens is 2. The highest BCUT2D eigenvalue weighted by molar-refractivity contribution is 6.37. The molecule has 0 atom stereocenters. The molecule has 6 heteroatoms. The SMILES string of the molecule is CCc1cc2c(Cl)c([N+](=O)[O-])cnc2cc1F. The first-order valence-electron chi connectivity index (χ1n) is 4.95. The molecular weight excluding hydrogens is 247 g/mol. The molecule has 1 heterocycles. The van der Waals surface area contributed by atoms with Gasteiger partial charge in [0.15, 0.2) is 0 Å². The van der Waals surface area contributed by atoms with Gasteiger partial charge in [0.25, 0.3) is 0 Å². The summed E-state index contributed by atoms with van der Waals surface area (Å²) in [6.07, 6.45) is 1.52. The number of pyridine rings is 1. The molecule has 0 spiro atoms. The monoisotopic (exact) mass is 254 g/mol. The van der Waals surface area contributed by atoms with Crippen molar-refractivity contribution in [2.75, 3.05) is 0 Å². The van der Waals surface area contributed by atoms with Crippen LogP contribution < -0.4 is 0 Å². The molecule has 0 amide bonds. The lowest BCUT2D eigenvalue weighted by molar-refractivity contribution is -0.384. The van der Waals surface area contributed by atoms with Crippen molar-refractivity contribution in [3.63, 3.8) is 0 Å². The van der Waals surface area contributed by atoms with Crippen LogP contribution in [0.3, 0.4) is 0 Å². The molecule has 2 aromatic rings. The second kappa shape index (κ2) is 4.25. The number of aromatic nitrogens is 1. The minimum atomic E-state index is -0.607. The Hall–Kier alpha value is -1.75. The Balaban J connectivity index is 2.80. The quantitative estimate of drug-likeness (QED) is 0.609. The summed E-state index contributed by atoms with van der Waals surface area (Å²) in [7, 11) is 0. The summed E-state index contributed by atoms with van der Waals surface area (Å²) >= 11 is 5.91. The lowest BCUT2D eigenvalue weighted by Gasteiger charge is -2.04. The Morgan fingerprint density at radius 2 is 2.24 bits per heavy atom. The Morgan fingerprint density at radius 1 is 1.53 bits per heavy atom. The van der Waals surface area contributed by atoms with Crippen LogP contribution in [0.4, 0.5) is 10.1 Å². The minimum Gasteiger partial charge on any atom is -0.258 e. The summed E-state index contributed by atoms with van der Waals surface area (Å²) < 4.78 is 13.5. The van der Waals surface area contributed by atoms with Crippen molar-refractivity contribution < 1.29 is 9.31 Å². The van der Waals surface area contributed by atoms with E-state index in [-0.39, 0.29) is 16.5 Å². The van der Waals surface area contributed by atoms with Gasteiger partial charge in [-0.2, -0.15) is 0 Å². The van der Waals surface area contributed by atoms with Crippen molar-refractivity contribution in [3.05, 3.63) is 44.8 Å². The molecule has 0 radical (unpaired) electrons. The number of nitrogens with zero attached hydrogens (tertiary/aromatic N) is 2. The van der Waals surface area contributed by atoms with Gasteiger partial charge in [-0.15, -0.1) is 0 Å². The molecule has 0 bridgehead atoms. The lowest BCUT2D eigenvalue weighted by Crippen LogP contribution is -1.94. The predicted molar refractivity (Wildman–Crippen MR) is 62.7 cm³/mol. The number of hydrogen-bond donors (Lipinski definition) is 0. The second-order valence-corrected chi connectivity index (χ2v) is 3.91. The molecule has 1 aromatic carbocycles. The van der Waals surface area contributed by atoms with E-state index in [1.807, 2.05) is 0 Å². The third-order valence-corrected chi connectivity index (χ3v) is 2.93. The topological polar surface area (TPSA) is 56.0 Å². The van der Waals surface area contributed by atoms with Crippen molar-refractivity contribution in [1.29, 1.82) is 0 Å². The van der Waals surface area contributed by atoms with Crippen molar-refractivity contribution in [3.8, 4) is 0 Å². The fourth-order valence-corrected chi connectivity index (χ4v) is 1.88. The zero-order valence-electron chi connectivity index (χ0n) is 8.91. The van der Waals surface area contributed by atoms with Gasteiger partial charge < -0.3 is 0 Å². The second-order valence-electron chi connectivity index (χ2n) is 3.53. The zero-order chi connectivity index (χ0) is 12.6. The number of fused-ring (bicyclic) bond motifs is 1. The highest BCUT2D eigenvalue weighted by Gasteiger charge is 2.17. The van der Waals surface area contributed by atoms with Gasteiger partial charge in [0.2, 0.25) is 0 Å². The van der Waals surface area contributed by atoms with Crippen LogP contribution in [0, 0.1) is 15.9 Å². The largest absolute Gasteiger partial charge is 0.306 e. The molecule has 0 aliphatic carbocycles. The van der Waals surface area contributed by atoms with Gasteiger partial charge in [0.1, 0.15) is 17.0 Å². The summed E-state index contributed by atoms with van der Waals surface area (Å²) in [5.74, 6) is -0.377. The zero-order valence-corrected chi connectivity index (χ0v) is 9.66. The first kappa shape index (κ1) is 11.7. The van der Waals surface area contributed by atoms with E-state index in [9.17, 15) is 14.5 Å². The highest BCUT2D eigenvalue weighted by Crippen LogP contribution is 2.32. The average Bonchev–Trinajstić information content (AvgIpc) is 2.28. The van der Waals surface area contributed by atoms with Gasteiger partial charge in [0.05, 0.1) is 10.4 Å². The van der Waals surface area contributed by atoms with Gasteiger partial charge >= 0.3 is 5.69 Å². The van der Waals surface area contributed by atoms with E-state index in [4.69, 9.17) is 11.6 Å². The maximum absolute atomic E-state index is 13.5. The Kier molecular flexibility index (Phi) is 2.93. The van der Waals surface area contributed by atoms with Crippen LogP contribution in [-0.4, -0.2) is 9.91 Å². The van der Waals surface area contributed by atoms with E-state index in [0.717, 1.165) is 6.20 Å². The molecule has 0 unspecified atom stereocenters. The van der Waals surface area contributed by atoms with E-state index in [2.05, 4.69) is 4.98 Å². The van der Waals surface area contributed by atoms with Crippen LogP contribution in [0.1, 0.15) is 12.5 Å². The summed E-state index contributed by atoms with van der Waals surface area (Å²) in [6.45, 7) is 1.79. The molecule has 0 fully saturated rings. The molecule has 0 aliphatic rings. The molecule has 88 valence electrons. The molecular formula is C11H8ClFN2O2. The number of nitro groups is 1. The molecule has 4 nitrogen and oxygen atoms in total.